The first-order valence-electron chi connectivity index (χ1n) is 4.54. The van der Waals surface area contributed by atoms with Crippen LogP contribution in [0.2, 0.25) is 0 Å². The van der Waals surface area contributed by atoms with Crippen LogP contribution in [0.4, 0.5) is 0 Å². The zero-order valence-corrected chi connectivity index (χ0v) is 9.85. The minimum atomic E-state index is -0.182. The van der Waals surface area contributed by atoms with Crippen molar-refractivity contribution >= 4 is 15.9 Å². The zero-order chi connectivity index (χ0) is 10.8. The van der Waals surface area contributed by atoms with Crippen LogP contribution in [0.3, 0.4) is 0 Å². The van der Waals surface area contributed by atoms with Crippen LogP contribution in [0.5, 0.6) is 0 Å². The zero-order valence-electron chi connectivity index (χ0n) is 8.26. The molecule has 1 aromatic carbocycles. The van der Waals surface area contributed by atoms with E-state index in [9.17, 15) is 0 Å². The van der Waals surface area contributed by atoms with E-state index in [1.807, 2.05) is 31.3 Å². The molecule has 0 fully saturated rings. The molecular weight excluding hydrogens is 256 g/mol. The van der Waals surface area contributed by atoms with Gasteiger partial charge in [-0.05, 0) is 17.7 Å². The standard InChI is InChI=1S/C10H11BrN4/c1-15-9(6-13-14-15)10(12)7-2-4-8(11)5-3-7/h2-6,10H,12H2,1H3. The number of hydrogen-bond donors (Lipinski definition) is 1. The van der Waals surface area contributed by atoms with Crippen molar-refractivity contribution in [3.05, 3.63) is 46.2 Å². The fourth-order valence-electron chi connectivity index (χ4n) is 1.42. The van der Waals surface area contributed by atoms with Gasteiger partial charge in [-0.3, -0.25) is 4.68 Å². The van der Waals surface area contributed by atoms with Gasteiger partial charge in [0.1, 0.15) is 0 Å². The van der Waals surface area contributed by atoms with Gasteiger partial charge in [0.2, 0.25) is 0 Å². The van der Waals surface area contributed by atoms with Gasteiger partial charge in [-0.1, -0.05) is 33.3 Å². The predicted molar refractivity (Wildman–Crippen MR) is 61.2 cm³/mol. The van der Waals surface area contributed by atoms with E-state index in [1.54, 1.807) is 10.9 Å². The monoisotopic (exact) mass is 266 g/mol. The summed E-state index contributed by atoms with van der Waals surface area (Å²) < 4.78 is 2.73. The van der Waals surface area contributed by atoms with Crippen molar-refractivity contribution in [2.45, 2.75) is 6.04 Å². The molecule has 2 N–H and O–H groups in total. The van der Waals surface area contributed by atoms with Crippen LogP contribution in [-0.4, -0.2) is 15.0 Å². The first kappa shape index (κ1) is 10.3. The lowest BCUT2D eigenvalue weighted by molar-refractivity contribution is 0.651. The van der Waals surface area contributed by atoms with Crippen molar-refractivity contribution in [3.63, 3.8) is 0 Å². The Morgan fingerprint density at radius 2 is 2.00 bits per heavy atom. The molecule has 1 aromatic heterocycles. The summed E-state index contributed by atoms with van der Waals surface area (Å²) in [4.78, 5) is 0. The summed E-state index contributed by atoms with van der Waals surface area (Å²) in [5.74, 6) is 0. The Balaban J connectivity index is 2.32. The molecule has 4 nitrogen and oxygen atoms in total. The molecular formula is C10H11BrN4. The lowest BCUT2D eigenvalue weighted by Crippen LogP contribution is -2.15. The molecule has 2 aromatic rings. The molecule has 0 bridgehead atoms. The van der Waals surface area contributed by atoms with Gasteiger partial charge in [0, 0.05) is 11.5 Å². The van der Waals surface area contributed by atoms with Crippen molar-refractivity contribution in [3.8, 4) is 0 Å². The van der Waals surface area contributed by atoms with Crippen LogP contribution in [0.25, 0.3) is 0 Å². The number of halogens is 1. The largest absolute Gasteiger partial charge is 0.319 e. The molecule has 0 aliphatic heterocycles. The van der Waals surface area contributed by atoms with Crippen molar-refractivity contribution < 1.29 is 0 Å². The van der Waals surface area contributed by atoms with E-state index in [1.165, 1.54) is 0 Å². The summed E-state index contributed by atoms with van der Waals surface area (Å²) in [7, 11) is 1.83. The molecule has 15 heavy (non-hydrogen) atoms. The Morgan fingerprint density at radius 1 is 1.33 bits per heavy atom. The van der Waals surface area contributed by atoms with E-state index in [0.717, 1.165) is 15.7 Å². The van der Waals surface area contributed by atoms with Gasteiger partial charge in [-0.15, -0.1) is 5.10 Å². The van der Waals surface area contributed by atoms with Gasteiger partial charge in [-0.25, -0.2) is 0 Å². The van der Waals surface area contributed by atoms with Crippen molar-refractivity contribution in [1.82, 2.24) is 15.0 Å². The molecule has 0 saturated carbocycles. The minimum Gasteiger partial charge on any atom is -0.319 e. The number of rotatable bonds is 2. The molecule has 0 aliphatic carbocycles. The molecule has 2 rings (SSSR count). The highest BCUT2D eigenvalue weighted by Crippen LogP contribution is 2.20. The van der Waals surface area contributed by atoms with Gasteiger partial charge in [-0.2, -0.15) is 0 Å². The van der Waals surface area contributed by atoms with Gasteiger partial charge >= 0.3 is 0 Å². The van der Waals surface area contributed by atoms with Gasteiger partial charge in [0.25, 0.3) is 0 Å². The van der Waals surface area contributed by atoms with E-state index in [4.69, 9.17) is 5.73 Å². The summed E-state index contributed by atoms with van der Waals surface area (Å²) in [5.41, 5.74) is 8.04. The molecule has 5 heteroatoms. The summed E-state index contributed by atoms with van der Waals surface area (Å²) in [5, 5.41) is 7.67. The van der Waals surface area contributed by atoms with Crippen molar-refractivity contribution in [2.75, 3.05) is 0 Å². The van der Waals surface area contributed by atoms with Gasteiger partial charge in [0.15, 0.2) is 0 Å². The summed E-state index contributed by atoms with van der Waals surface area (Å²) in [6, 6.07) is 7.74. The fraction of sp³-hybridized carbons (Fsp3) is 0.200. The normalized spacial score (nSPS) is 12.7. The molecule has 1 atom stereocenters. The summed E-state index contributed by atoms with van der Waals surface area (Å²) in [6.07, 6.45) is 1.69. The Hall–Kier alpha value is -1.20. The number of aryl methyl sites for hydroxylation is 1. The second-order valence-electron chi connectivity index (χ2n) is 3.31. The SMILES string of the molecule is Cn1nncc1C(N)c1ccc(Br)cc1. The number of benzene rings is 1. The van der Waals surface area contributed by atoms with Crippen LogP contribution < -0.4 is 5.73 Å². The second-order valence-corrected chi connectivity index (χ2v) is 4.23. The number of nitrogens with zero attached hydrogens (tertiary/aromatic N) is 3. The Bertz CT molecular complexity index is 449. The molecule has 78 valence electrons. The number of hydrogen-bond acceptors (Lipinski definition) is 3. The van der Waals surface area contributed by atoms with Gasteiger partial charge in [0.05, 0.1) is 17.9 Å². The third kappa shape index (κ3) is 2.08. The van der Waals surface area contributed by atoms with Crippen LogP contribution in [0.15, 0.2) is 34.9 Å². The quantitative estimate of drug-likeness (QED) is 0.899. The highest BCUT2D eigenvalue weighted by molar-refractivity contribution is 9.10. The van der Waals surface area contributed by atoms with E-state index in [-0.39, 0.29) is 6.04 Å². The van der Waals surface area contributed by atoms with Crippen LogP contribution in [-0.2, 0) is 7.05 Å². The maximum atomic E-state index is 6.10. The topological polar surface area (TPSA) is 56.7 Å². The van der Waals surface area contributed by atoms with Gasteiger partial charge < -0.3 is 5.73 Å². The highest BCUT2D eigenvalue weighted by atomic mass is 79.9. The average molecular weight is 267 g/mol. The van der Waals surface area contributed by atoms with E-state index < -0.39 is 0 Å². The maximum Gasteiger partial charge on any atom is 0.0796 e. The van der Waals surface area contributed by atoms with Crippen molar-refractivity contribution in [2.24, 2.45) is 12.8 Å². The van der Waals surface area contributed by atoms with Crippen LogP contribution in [0, 0.1) is 0 Å². The smallest absolute Gasteiger partial charge is 0.0796 e. The maximum absolute atomic E-state index is 6.10. The predicted octanol–water partition coefficient (Wildman–Crippen LogP) is 1.63. The first-order chi connectivity index (χ1) is 7.18. The molecule has 0 aliphatic rings. The number of nitrogens with two attached hydrogens (primary N) is 1. The molecule has 0 amide bonds. The first-order valence-corrected chi connectivity index (χ1v) is 5.33. The second kappa shape index (κ2) is 4.12. The average Bonchev–Trinajstić information content (AvgIpc) is 2.65. The van der Waals surface area contributed by atoms with Crippen LogP contribution >= 0.6 is 15.9 Å². The molecule has 0 spiro atoms. The molecule has 1 unspecified atom stereocenters. The summed E-state index contributed by atoms with van der Waals surface area (Å²) in [6.45, 7) is 0. The van der Waals surface area contributed by atoms with Crippen LogP contribution in [0.1, 0.15) is 17.3 Å². The molecule has 0 radical (unpaired) electrons. The van der Waals surface area contributed by atoms with E-state index in [0.29, 0.717) is 0 Å². The summed E-state index contributed by atoms with van der Waals surface area (Å²) >= 11 is 3.39. The minimum absolute atomic E-state index is 0.182. The lowest BCUT2D eigenvalue weighted by atomic mass is 10.1. The van der Waals surface area contributed by atoms with E-state index >= 15 is 0 Å². The molecule has 0 saturated heterocycles. The Morgan fingerprint density at radius 3 is 2.53 bits per heavy atom. The fourth-order valence-corrected chi connectivity index (χ4v) is 1.68. The Kier molecular flexibility index (Phi) is 2.83. The third-order valence-corrected chi connectivity index (χ3v) is 2.83. The van der Waals surface area contributed by atoms with E-state index in [2.05, 4.69) is 26.2 Å². The Labute approximate surface area is 96.2 Å². The van der Waals surface area contributed by atoms with Crippen molar-refractivity contribution in [1.29, 1.82) is 0 Å². The lowest BCUT2D eigenvalue weighted by Gasteiger charge is -2.11. The molecule has 1 heterocycles. The third-order valence-electron chi connectivity index (χ3n) is 2.30. The highest BCUT2D eigenvalue weighted by Gasteiger charge is 2.12. The number of aromatic nitrogens is 3.